The van der Waals surface area contributed by atoms with E-state index in [0.717, 1.165) is 38.0 Å². The van der Waals surface area contributed by atoms with Crippen molar-refractivity contribution >= 4 is 6.03 Å². The number of likely N-dealkylation sites (tertiary alicyclic amines) is 1. The van der Waals surface area contributed by atoms with Gasteiger partial charge in [0.05, 0.1) is 12.6 Å². The van der Waals surface area contributed by atoms with Gasteiger partial charge in [-0.05, 0) is 24.8 Å². The number of rotatable bonds is 7. The first-order valence-electron chi connectivity index (χ1n) is 9.24. The smallest absolute Gasteiger partial charge is 0.317 e. The van der Waals surface area contributed by atoms with Crippen molar-refractivity contribution in [1.82, 2.24) is 20.4 Å². The van der Waals surface area contributed by atoms with Crippen molar-refractivity contribution < 1.29 is 14.1 Å². The normalized spacial score (nSPS) is 17.3. The van der Waals surface area contributed by atoms with E-state index in [0.29, 0.717) is 24.7 Å². The third-order valence-electron chi connectivity index (χ3n) is 4.33. The van der Waals surface area contributed by atoms with Crippen LogP contribution in [-0.2, 0) is 17.7 Å². The van der Waals surface area contributed by atoms with Crippen LogP contribution in [0.15, 0.2) is 34.9 Å². The highest BCUT2D eigenvalue weighted by Crippen LogP contribution is 2.14. The summed E-state index contributed by atoms with van der Waals surface area (Å²) in [7, 11) is 0. The van der Waals surface area contributed by atoms with Crippen molar-refractivity contribution in [1.29, 1.82) is 0 Å². The predicted octanol–water partition coefficient (Wildman–Crippen LogP) is 2.76. The van der Waals surface area contributed by atoms with Crippen LogP contribution in [0.3, 0.4) is 0 Å². The van der Waals surface area contributed by atoms with Gasteiger partial charge in [-0.2, -0.15) is 4.98 Å². The quantitative estimate of drug-likeness (QED) is 0.823. The molecule has 0 bridgehead atoms. The minimum absolute atomic E-state index is 0.113. The third-order valence-corrected chi connectivity index (χ3v) is 4.33. The summed E-state index contributed by atoms with van der Waals surface area (Å²) in [5, 5.41) is 6.83. The fourth-order valence-electron chi connectivity index (χ4n) is 3.02. The van der Waals surface area contributed by atoms with Gasteiger partial charge in [0.15, 0.2) is 5.82 Å². The van der Waals surface area contributed by atoms with Crippen molar-refractivity contribution in [2.45, 2.75) is 45.3 Å². The number of carbonyl (C=O) groups excluding carboxylic acids is 1. The minimum atomic E-state index is -0.113. The molecule has 0 radical (unpaired) electrons. The van der Waals surface area contributed by atoms with Gasteiger partial charge in [-0.3, -0.25) is 0 Å². The van der Waals surface area contributed by atoms with Crippen molar-refractivity contribution in [3.05, 3.63) is 47.6 Å². The van der Waals surface area contributed by atoms with E-state index in [1.54, 1.807) is 4.90 Å². The third kappa shape index (κ3) is 5.29. The van der Waals surface area contributed by atoms with Crippen LogP contribution in [0.5, 0.6) is 0 Å². The summed E-state index contributed by atoms with van der Waals surface area (Å²) in [6, 6.07) is 9.85. The van der Waals surface area contributed by atoms with Gasteiger partial charge in [-0.15, -0.1) is 0 Å². The Bertz CT molecular complexity index is 689. The summed E-state index contributed by atoms with van der Waals surface area (Å²) in [5.41, 5.74) is 1.12. The van der Waals surface area contributed by atoms with E-state index in [1.165, 1.54) is 0 Å². The standard InChI is InChI=1S/C19H26N4O3/c1-2-11-25-16-9-6-10-23(14-16)19(24)20-13-18-21-17(22-26-18)12-15-7-4-3-5-8-15/h3-5,7-8,16H,2,6,9-14H2,1H3,(H,20,24)/t16-/m1/s1. The summed E-state index contributed by atoms with van der Waals surface area (Å²) < 4.78 is 11.0. The number of hydrogen-bond acceptors (Lipinski definition) is 5. The lowest BCUT2D eigenvalue weighted by Gasteiger charge is -2.32. The number of hydrogen-bond donors (Lipinski definition) is 1. The Labute approximate surface area is 153 Å². The monoisotopic (exact) mass is 358 g/mol. The Morgan fingerprint density at radius 3 is 3.04 bits per heavy atom. The maximum Gasteiger partial charge on any atom is 0.317 e. The van der Waals surface area contributed by atoms with E-state index in [-0.39, 0.29) is 18.7 Å². The summed E-state index contributed by atoms with van der Waals surface area (Å²) in [5.74, 6) is 1.03. The van der Waals surface area contributed by atoms with Crippen LogP contribution in [-0.4, -0.2) is 46.9 Å². The van der Waals surface area contributed by atoms with Gasteiger partial charge < -0.3 is 19.5 Å². The molecule has 0 spiro atoms. The molecule has 1 aromatic heterocycles. The van der Waals surface area contributed by atoms with Crippen molar-refractivity contribution in [3.8, 4) is 0 Å². The number of urea groups is 1. The second-order valence-electron chi connectivity index (χ2n) is 6.51. The Morgan fingerprint density at radius 2 is 2.23 bits per heavy atom. The van der Waals surface area contributed by atoms with Gasteiger partial charge in [0.25, 0.3) is 0 Å². The zero-order valence-electron chi connectivity index (χ0n) is 15.2. The summed E-state index contributed by atoms with van der Waals surface area (Å²) in [6.07, 6.45) is 3.71. The van der Waals surface area contributed by atoms with Gasteiger partial charge >= 0.3 is 6.03 Å². The number of benzene rings is 1. The maximum absolute atomic E-state index is 12.4. The van der Waals surface area contributed by atoms with E-state index < -0.39 is 0 Å². The van der Waals surface area contributed by atoms with Crippen LogP contribution in [0.1, 0.15) is 43.5 Å². The first-order valence-corrected chi connectivity index (χ1v) is 9.24. The highest BCUT2D eigenvalue weighted by Gasteiger charge is 2.24. The molecule has 3 rings (SSSR count). The van der Waals surface area contributed by atoms with Crippen molar-refractivity contribution in [2.24, 2.45) is 0 Å². The average Bonchev–Trinajstić information content (AvgIpc) is 3.13. The molecule has 140 valence electrons. The number of nitrogens with one attached hydrogen (secondary N) is 1. The molecule has 1 saturated heterocycles. The molecule has 0 unspecified atom stereocenters. The Kier molecular flexibility index (Phi) is 6.60. The number of carbonyl (C=O) groups is 1. The molecule has 1 fully saturated rings. The molecule has 7 heteroatoms. The van der Waals surface area contributed by atoms with Crippen LogP contribution in [0.25, 0.3) is 0 Å². The fourth-order valence-corrected chi connectivity index (χ4v) is 3.02. The molecule has 1 aliphatic heterocycles. The molecule has 1 aromatic carbocycles. The molecule has 1 N–H and O–H groups in total. The number of piperidine rings is 1. The lowest BCUT2D eigenvalue weighted by atomic mass is 10.1. The van der Waals surface area contributed by atoms with E-state index in [9.17, 15) is 4.79 Å². The van der Waals surface area contributed by atoms with Crippen LogP contribution in [0, 0.1) is 0 Å². The average molecular weight is 358 g/mol. The molecule has 2 amide bonds. The van der Waals surface area contributed by atoms with E-state index in [1.807, 2.05) is 30.3 Å². The van der Waals surface area contributed by atoms with E-state index in [4.69, 9.17) is 9.26 Å². The molecule has 2 aromatic rings. The molecule has 1 aliphatic rings. The molecule has 7 nitrogen and oxygen atoms in total. The van der Waals surface area contributed by atoms with Gasteiger partial charge in [-0.25, -0.2) is 4.79 Å². The van der Waals surface area contributed by atoms with Crippen LogP contribution in [0.2, 0.25) is 0 Å². The minimum Gasteiger partial charge on any atom is -0.376 e. The molecule has 26 heavy (non-hydrogen) atoms. The first kappa shape index (κ1) is 18.4. The second-order valence-corrected chi connectivity index (χ2v) is 6.51. The highest BCUT2D eigenvalue weighted by molar-refractivity contribution is 5.74. The summed E-state index contributed by atoms with van der Waals surface area (Å²) >= 11 is 0. The van der Waals surface area contributed by atoms with E-state index >= 15 is 0 Å². The zero-order valence-corrected chi connectivity index (χ0v) is 15.2. The molecule has 0 aliphatic carbocycles. The number of amides is 2. The SMILES string of the molecule is CCCO[C@@H]1CCCN(C(=O)NCc2nc(Cc3ccccc3)no2)C1. The summed E-state index contributed by atoms with van der Waals surface area (Å²) in [6.45, 7) is 4.45. The molecule has 2 heterocycles. The molecule has 0 saturated carbocycles. The Balaban J connectivity index is 1.45. The number of ether oxygens (including phenoxy) is 1. The topological polar surface area (TPSA) is 80.5 Å². The summed E-state index contributed by atoms with van der Waals surface area (Å²) in [4.78, 5) is 18.5. The van der Waals surface area contributed by atoms with Gasteiger partial charge in [0, 0.05) is 26.1 Å². The van der Waals surface area contributed by atoms with Gasteiger partial charge in [0.2, 0.25) is 5.89 Å². The Hall–Kier alpha value is -2.41. The molecular formula is C19H26N4O3. The lowest BCUT2D eigenvalue weighted by Crippen LogP contribution is -2.47. The number of nitrogens with zero attached hydrogens (tertiary/aromatic N) is 3. The van der Waals surface area contributed by atoms with Crippen LogP contribution in [0.4, 0.5) is 4.79 Å². The zero-order chi connectivity index (χ0) is 18.2. The van der Waals surface area contributed by atoms with E-state index in [2.05, 4.69) is 22.4 Å². The van der Waals surface area contributed by atoms with Gasteiger partial charge in [-0.1, -0.05) is 42.4 Å². The number of aromatic nitrogens is 2. The van der Waals surface area contributed by atoms with Crippen molar-refractivity contribution in [3.63, 3.8) is 0 Å². The molecule has 1 atom stereocenters. The largest absolute Gasteiger partial charge is 0.376 e. The first-order chi connectivity index (χ1) is 12.7. The van der Waals surface area contributed by atoms with Gasteiger partial charge in [0.1, 0.15) is 0 Å². The Morgan fingerprint density at radius 1 is 1.38 bits per heavy atom. The van der Waals surface area contributed by atoms with Crippen LogP contribution >= 0.6 is 0 Å². The predicted molar refractivity (Wildman–Crippen MR) is 96.6 cm³/mol. The fraction of sp³-hybridized carbons (Fsp3) is 0.526. The molecular weight excluding hydrogens is 332 g/mol. The second kappa shape index (κ2) is 9.33. The van der Waals surface area contributed by atoms with Crippen LogP contribution < -0.4 is 5.32 Å². The lowest BCUT2D eigenvalue weighted by molar-refractivity contribution is 0.00995. The maximum atomic E-state index is 12.4. The highest BCUT2D eigenvalue weighted by atomic mass is 16.5. The van der Waals surface area contributed by atoms with Crippen molar-refractivity contribution in [2.75, 3.05) is 19.7 Å².